The molecule has 3 heteroatoms. The van der Waals surface area contributed by atoms with E-state index in [2.05, 4.69) is 83.8 Å². The lowest BCUT2D eigenvalue weighted by molar-refractivity contribution is 0.454. The fraction of sp³-hybridized carbons (Fsp3) is 0.333. The second-order valence-corrected chi connectivity index (χ2v) is 7.65. The van der Waals surface area contributed by atoms with Gasteiger partial charge in [0.05, 0.1) is 0 Å². The molecule has 0 heterocycles. The Hall–Kier alpha value is -0.800. The Kier molecular flexibility index (Phi) is 5.15. The topological polar surface area (TPSA) is 9.23 Å². The van der Waals surface area contributed by atoms with Gasteiger partial charge in [-0.05, 0) is 41.7 Å². The molecule has 0 fully saturated rings. The van der Waals surface area contributed by atoms with Gasteiger partial charge in [0.1, 0.15) is 11.5 Å². The van der Waals surface area contributed by atoms with Crippen LogP contribution in [0.4, 0.5) is 0 Å². The van der Waals surface area contributed by atoms with Crippen LogP contribution in [0.15, 0.2) is 40.9 Å². The van der Waals surface area contributed by atoms with E-state index in [9.17, 15) is 0 Å². The van der Waals surface area contributed by atoms with Gasteiger partial charge >= 0.3 is 0 Å². The predicted molar refractivity (Wildman–Crippen MR) is 96.7 cm³/mol. The summed E-state index contributed by atoms with van der Waals surface area (Å²) in [5.41, 5.74) is 3.68. The zero-order valence-corrected chi connectivity index (χ0v) is 16.0. The van der Waals surface area contributed by atoms with Crippen molar-refractivity contribution < 1.29 is 4.74 Å². The van der Waals surface area contributed by atoms with Crippen molar-refractivity contribution in [1.29, 1.82) is 0 Å². The largest absolute Gasteiger partial charge is 0.457 e. The first-order valence-electron chi connectivity index (χ1n) is 6.94. The average molecular weight is 412 g/mol. The van der Waals surface area contributed by atoms with Gasteiger partial charge in [-0.3, -0.25) is 0 Å². The summed E-state index contributed by atoms with van der Waals surface area (Å²) in [4.78, 5) is 0. The van der Waals surface area contributed by atoms with E-state index in [1.807, 2.05) is 12.1 Å². The number of hydrogen-bond donors (Lipinski definition) is 0. The summed E-state index contributed by atoms with van der Waals surface area (Å²) < 4.78 is 7.21. The zero-order valence-electron chi connectivity index (χ0n) is 12.8. The van der Waals surface area contributed by atoms with Gasteiger partial charge in [-0.15, -0.1) is 0 Å². The van der Waals surface area contributed by atoms with Crippen LogP contribution in [-0.4, -0.2) is 0 Å². The molecule has 0 aliphatic rings. The van der Waals surface area contributed by atoms with E-state index in [-0.39, 0.29) is 5.41 Å². The molecule has 0 atom stereocenters. The zero-order chi connectivity index (χ0) is 15.6. The van der Waals surface area contributed by atoms with Crippen LogP contribution in [-0.2, 0) is 10.7 Å². The minimum absolute atomic E-state index is 0.0517. The monoisotopic (exact) mass is 410 g/mol. The standard InChI is InChI=1S/C18H20Br2O/c1-12-5-8-15(18(2,3)4)17(9-12)21-14-7-6-13(11-19)16(20)10-14/h5-10H,11H2,1-4H3. The molecule has 112 valence electrons. The summed E-state index contributed by atoms with van der Waals surface area (Å²) in [6, 6.07) is 12.5. The van der Waals surface area contributed by atoms with Crippen molar-refractivity contribution in [2.75, 3.05) is 0 Å². The number of halogens is 2. The second kappa shape index (κ2) is 6.53. The van der Waals surface area contributed by atoms with E-state index in [4.69, 9.17) is 4.74 Å². The summed E-state index contributed by atoms with van der Waals surface area (Å²) in [5, 5.41) is 0.825. The predicted octanol–water partition coefficient (Wildman–Crippen LogP) is 6.74. The molecule has 21 heavy (non-hydrogen) atoms. The summed E-state index contributed by atoms with van der Waals surface area (Å²) in [7, 11) is 0. The fourth-order valence-corrected chi connectivity index (χ4v) is 3.52. The SMILES string of the molecule is Cc1ccc(C(C)(C)C)c(Oc2ccc(CBr)c(Br)c2)c1. The van der Waals surface area contributed by atoms with Crippen LogP contribution >= 0.6 is 31.9 Å². The molecule has 0 saturated heterocycles. The Morgan fingerprint density at radius 1 is 1.05 bits per heavy atom. The van der Waals surface area contributed by atoms with Gasteiger partial charge in [-0.1, -0.05) is 70.8 Å². The van der Waals surface area contributed by atoms with E-state index in [1.54, 1.807) is 0 Å². The molecule has 0 unspecified atom stereocenters. The fourth-order valence-electron chi connectivity index (χ4n) is 2.16. The molecule has 0 spiro atoms. The molecule has 1 nitrogen and oxygen atoms in total. The van der Waals surface area contributed by atoms with Crippen molar-refractivity contribution in [3.05, 3.63) is 57.6 Å². The maximum Gasteiger partial charge on any atom is 0.131 e. The first kappa shape index (κ1) is 16.6. The highest BCUT2D eigenvalue weighted by Crippen LogP contribution is 2.36. The lowest BCUT2D eigenvalue weighted by Gasteiger charge is -2.23. The summed E-state index contributed by atoms with van der Waals surface area (Å²) in [6.07, 6.45) is 0. The maximum absolute atomic E-state index is 6.15. The van der Waals surface area contributed by atoms with E-state index < -0.39 is 0 Å². The highest BCUT2D eigenvalue weighted by atomic mass is 79.9. The highest BCUT2D eigenvalue weighted by Gasteiger charge is 2.19. The lowest BCUT2D eigenvalue weighted by Crippen LogP contribution is -2.12. The first-order valence-corrected chi connectivity index (χ1v) is 8.86. The van der Waals surface area contributed by atoms with Crippen molar-refractivity contribution >= 4 is 31.9 Å². The van der Waals surface area contributed by atoms with Crippen LogP contribution in [0.2, 0.25) is 0 Å². The number of ether oxygens (including phenoxy) is 1. The quantitative estimate of drug-likeness (QED) is 0.508. The van der Waals surface area contributed by atoms with E-state index in [0.717, 1.165) is 21.3 Å². The van der Waals surface area contributed by atoms with Crippen LogP contribution in [0.5, 0.6) is 11.5 Å². The lowest BCUT2D eigenvalue weighted by atomic mass is 9.86. The Morgan fingerprint density at radius 3 is 2.33 bits per heavy atom. The van der Waals surface area contributed by atoms with Crippen LogP contribution in [0.3, 0.4) is 0 Å². The minimum Gasteiger partial charge on any atom is -0.457 e. The third-order valence-corrected chi connectivity index (χ3v) is 4.68. The molecular formula is C18H20Br2O. The Labute approximate surface area is 144 Å². The van der Waals surface area contributed by atoms with Gasteiger partial charge < -0.3 is 4.74 Å². The number of alkyl halides is 1. The minimum atomic E-state index is 0.0517. The summed E-state index contributed by atoms with van der Waals surface area (Å²) in [6.45, 7) is 8.69. The van der Waals surface area contributed by atoms with Crippen molar-refractivity contribution in [3.63, 3.8) is 0 Å². The molecular weight excluding hydrogens is 392 g/mol. The first-order chi connectivity index (χ1) is 9.81. The Balaban J connectivity index is 2.39. The molecule has 0 aliphatic heterocycles. The third kappa shape index (κ3) is 4.10. The number of aryl methyl sites for hydroxylation is 1. The Morgan fingerprint density at radius 2 is 1.76 bits per heavy atom. The number of hydrogen-bond acceptors (Lipinski definition) is 1. The molecule has 0 saturated carbocycles. The van der Waals surface area contributed by atoms with E-state index >= 15 is 0 Å². The van der Waals surface area contributed by atoms with Crippen LogP contribution < -0.4 is 4.74 Å². The Bertz CT molecular complexity index is 642. The van der Waals surface area contributed by atoms with Gasteiger partial charge in [0, 0.05) is 15.4 Å². The smallest absolute Gasteiger partial charge is 0.131 e. The summed E-state index contributed by atoms with van der Waals surface area (Å²) >= 11 is 7.06. The van der Waals surface area contributed by atoms with Crippen molar-refractivity contribution in [2.24, 2.45) is 0 Å². The second-order valence-electron chi connectivity index (χ2n) is 6.24. The van der Waals surface area contributed by atoms with Crippen LogP contribution in [0, 0.1) is 6.92 Å². The number of rotatable bonds is 3. The van der Waals surface area contributed by atoms with E-state index in [0.29, 0.717) is 0 Å². The van der Waals surface area contributed by atoms with Gasteiger partial charge in [-0.25, -0.2) is 0 Å². The molecule has 0 aromatic heterocycles. The molecule has 0 bridgehead atoms. The average Bonchev–Trinajstić information content (AvgIpc) is 2.37. The van der Waals surface area contributed by atoms with Gasteiger partial charge in [0.25, 0.3) is 0 Å². The highest BCUT2D eigenvalue weighted by molar-refractivity contribution is 9.10. The number of benzene rings is 2. The molecule has 0 N–H and O–H groups in total. The molecule has 2 aromatic rings. The molecule has 0 amide bonds. The normalized spacial score (nSPS) is 11.5. The van der Waals surface area contributed by atoms with Crippen LogP contribution in [0.25, 0.3) is 0 Å². The van der Waals surface area contributed by atoms with Crippen LogP contribution in [0.1, 0.15) is 37.5 Å². The van der Waals surface area contributed by atoms with Gasteiger partial charge in [-0.2, -0.15) is 0 Å². The third-order valence-electron chi connectivity index (χ3n) is 3.34. The van der Waals surface area contributed by atoms with Gasteiger partial charge in [0.15, 0.2) is 0 Å². The van der Waals surface area contributed by atoms with Crippen molar-refractivity contribution in [1.82, 2.24) is 0 Å². The summed E-state index contributed by atoms with van der Waals surface area (Å²) in [5.74, 6) is 1.78. The van der Waals surface area contributed by atoms with Crippen molar-refractivity contribution in [3.8, 4) is 11.5 Å². The molecule has 2 aromatic carbocycles. The van der Waals surface area contributed by atoms with Crippen molar-refractivity contribution in [2.45, 2.75) is 38.4 Å². The molecule has 2 rings (SSSR count). The molecule has 0 aliphatic carbocycles. The van der Waals surface area contributed by atoms with E-state index in [1.165, 1.54) is 16.7 Å². The maximum atomic E-state index is 6.15. The molecule has 0 radical (unpaired) electrons. The van der Waals surface area contributed by atoms with Gasteiger partial charge in [0.2, 0.25) is 0 Å².